The average molecular weight is 317 g/mol. The van der Waals surface area contributed by atoms with Gasteiger partial charge in [-0.1, -0.05) is 30.8 Å². The van der Waals surface area contributed by atoms with E-state index in [1.807, 2.05) is 24.5 Å². The van der Waals surface area contributed by atoms with Crippen LogP contribution in [0.5, 0.6) is 0 Å². The number of thioether (sulfide) groups is 1. The van der Waals surface area contributed by atoms with Crippen LogP contribution in [-0.4, -0.2) is 33.7 Å². The summed E-state index contributed by atoms with van der Waals surface area (Å²) in [6, 6.07) is 6.92. The van der Waals surface area contributed by atoms with Gasteiger partial charge in [0.25, 0.3) is 0 Å². The zero-order chi connectivity index (χ0) is 15.4. The van der Waals surface area contributed by atoms with E-state index < -0.39 is 0 Å². The molecule has 2 heterocycles. The van der Waals surface area contributed by atoms with Gasteiger partial charge in [0.2, 0.25) is 0 Å². The van der Waals surface area contributed by atoms with Gasteiger partial charge in [0, 0.05) is 31.0 Å². The van der Waals surface area contributed by atoms with Crippen molar-refractivity contribution < 1.29 is 4.39 Å². The first-order valence-corrected chi connectivity index (χ1v) is 8.64. The van der Waals surface area contributed by atoms with Crippen molar-refractivity contribution in [2.45, 2.75) is 31.0 Å². The Balaban J connectivity index is 1.57. The van der Waals surface area contributed by atoms with Gasteiger partial charge in [0.15, 0.2) is 5.16 Å². The number of halogens is 1. The second-order valence-corrected chi connectivity index (χ2v) is 6.81. The van der Waals surface area contributed by atoms with Crippen LogP contribution in [0.2, 0.25) is 0 Å². The highest BCUT2D eigenvalue weighted by Crippen LogP contribution is 2.28. The van der Waals surface area contributed by atoms with Crippen molar-refractivity contribution in [1.29, 1.82) is 0 Å². The number of hydrogen-bond donors (Lipinski definition) is 0. The Hall–Kier alpha value is -1.46. The summed E-state index contributed by atoms with van der Waals surface area (Å²) in [6.45, 7) is 5.06. The van der Waals surface area contributed by atoms with Gasteiger partial charge in [0.1, 0.15) is 5.82 Å². The normalized spacial score (nSPS) is 18.7. The largest absolute Gasteiger partial charge is 0.298 e. The molecule has 0 saturated carbocycles. The molecule has 0 spiro atoms. The lowest BCUT2D eigenvalue weighted by molar-refractivity contribution is 0.325. The van der Waals surface area contributed by atoms with Crippen molar-refractivity contribution >= 4 is 11.8 Å². The van der Waals surface area contributed by atoms with Gasteiger partial charge in [-0.2, -0.15) is 0 Å². The maximum absolute atomic E-state index is 13.0. The Kier molecular flexibility index (Phi) is 5.05. The molecule has 0 bridgehead atoms. The molecule has 0 N–H and O–H groups in total. The zero-order valence-electron chi connectivity index (χ0n) is 12.7. The third-order valence-corrected chi connectivity index (χ3v) is 4.73. The summed E-state index contributed by atoms with van der Waals surface area (Å²) in [7, 11) is 0. The number of likely N-dealkylation sites (tertiary alicyclic amines) is 1. The maximum atomic E-state index is 13.0. The van der Waals surface area contributed by atoms with Crippen LogP contribution in [0.25, 0.3) is 0 Å². The number of rotatable bonds is 5. The summed E-state index contributed by atoms with van der Waals surface area (Å²) in [4.78, 5) is 11.2. The van der Waals surface area contributed by atoms with Gasteiger partial charge in [-0.3, -0.25) is 4.90 Å². The molecule has 0 radical (unpaired) electrons. The monoisotopic (exact) mass is 317 g/mol. The summed E-state index contributed by atoms with van der Waals surface area (Å²) >= 11 is 1.66. The Bertz CT molecular complexity index is 600. The van der Waals surface area contributed by atoms with E-state index in [2.05, 4.69) is 21.8 Å². The van der Waals surface area contributed by atoms with E-state index in [-0.39, 0.29) is 5.82 Å². The number of benzene rings is 1. The third kappa shape index (κ3) is 3.84. The van der Waals surface area contributed by atoms with Crippen LogP contribution in [0.3, 0.4) is 0 Å². The lowest BCUT2D eigenvalue weighted by Crippen LogP contribution is -2.20. The van der Waals surface area contributed by atoms with Crippen LogP contribution < -0.4 is 0 Å². The molecule has 2 aromatic rings. The average Bonchev–Trinajstić information content (AvgIpc) is 2.99. The van der Waals surface area contributed by atoms with Crippen molar-refractivity contribution in [3.05, 3.63) is 53.6 Å². The van der Waals surface area contributed by atoms with Crippen LogP contribution in [0.15, 0.2) is 41.8 Å². The summed E-state index contributed by atoms with van der Waals surface area (Å²) in [5.74, 6) is 1.32. The van der Waals surface area contributed by atoms with E-state index in [4.69, 9.17) is 0 Å². The summed E-state index contributed by atoms with van der Waals surface area (Å²) < 4.78 is 13.0. The summed E-state index contributed by atoms with van der Waals surface area (Å²) in [5, 5.41) is 0.844. The predicted octanol–water partition coefficient (Wildman–Crippen LogP) is 3.72. The first kappa shape index (κ1) is 15.4. The minimum absolute atomic E-state index is 0.166. The van der Waals surface area contributed by atoms with Gasteiger partial charge < -0.3 is 0 Å². The van der Waals surface area contributed by atoms with E-state index in [1.165, 1.54) is 5.56 Å². The molecule has 5 heteroatoms. The number of nitrogens with zero attached hydrogens (tertiary/aromatic N) is 3. The fourth-order valence-electron chi connectivity index (χ4n) is 2.87. The van der Waals surface area contributed by atoms with Crippen LogP contribution in [0.1, 0.15) is 30.4 Å². The highest BCUT2D eigenvalue weighted by atomic mass is 32.2. The van der Waals surface area contributed by atoms with Crippen molar-refractivity contribution in [3.8, 4) is 0 Å². The molecule has 116 valence electrons. The van der Waals surface area contributed by atoms with Gasteiger partial charge in [-0.25, -0.2) is 14.4 Å². The first-order valence-electron chi connectivity index (χ1n) is 7.66. The Labute approximate surface area is 135 Å². The van der Waals surface area contributed by atoms with Gasteiger partial charge in [-0.05, 0) is 42.3 Å². The Morgan fingerprint density at radius 2 is 1.95 bits per heavy atom. The van der Waals surface area contributed by atoms with E-state index in [1.54, 1.807) is 23.9 Å². The quantitative estimate of drug-likeness (QED) is 0.621. The molecule has 0 aliphatic carbocycles. The molecule has 1 atom stereocenters. The molecular weight excluding hydrogens is 297 g/mol. The fraction of sp³-hybridized carbons (Fsp3) is 0.412. The molecule has 3 rings (SSSR count). The second-order valence-electron chi connectivity index (χ2n) is 5.58. The van der Waals surface area contributed by atoms with Crippen LogP contribution in [0, 0.1) is 5.82 Å². The molecule has 22 heavy (non-hydrogen) atoms. The molecule has 1 aromatic carbocycles. The van der Waals surface area contributed by atoms with Crippen LogP contribution >= 0.6 is 11.8 Å². The molecule has 1 aliphatic heterocycles. The molecule has 1 saturated heterocycles. The predicted molar refractivity (Wildman–Crippen MR) is 87.5 cm³/mol. The molecule has 1 aromatic heterocycles. The Morgan fingerprint density at radius 1 is 1.23 bits per heavy atom. The van der Waals surface area contributed by atoms with Gasteiger partial charge >= 0.3 is 0 Å². The molecule has 3 nitrogen and oxygen atoms in total. The molecular formula is C17H20FN3S. The Morgan fingerprint density at radius 3 is 2.64 bits per heavy atom. The summed E-state index contributed by atoms with van der Waals surface area (Å²) in [6.07, 6.45) is 4.97. The molecule has 0 amide bonds. The van der Waals surface area contributed by atoms with Crippen molar-refractivity contribution in [2.24, 2.45) is 0 Å². The van der Waals surface area contributed by atoms with Crippen molar-refractivity contribution in [2.75, 3.05) is 18.8 Å². The van der Waals surface area contributed by atoms with Crippen LogP contribution in [-0.2, 0) is 6.54 Å². The first-order chi connectivity index (χ1) is 10.7. The van der Waals surface area contributed by atoms with E-state index in [9.17, 15) is 4.39 Å². The van der Waals surface area contributed by atoms with Crippen molar-refractivity contribution in [3.63, 3.8) is 0 Å². The standard InChI is InChI=1S/C17H20FN3S/c1-2-22-17-19-9-13(10-20-17)11-21-8-7-15(12-21)14-3-5-16(18)6-4-14/h3-6,9-10,15H,2,7-8,11-12H2,1H3/t15-/m1/s1. The number of hydrogen-bond acceptors (Lipinski definition) is 4. The molecule has 0 unspecified atom stereocenters. The highest BCUT2D eigenvalue weighted by Gasteiger charge is 2.23. The molecule has 1 fully saturated rings. The summed E-state index contributed by atoms with van der Waals surface area (Å²) in [5.41, 5.74) is 2.38. The lowest BCUT2D eigenvalue weighted by Gasteiger charge is -2.16. The van der Waals surface area contributed by atoms with Crippen molar-refractivity contribution in [1.82, 2.24) is 14.9 Å². The minimum Gasteiger partial charge on any atom is -0.298 e. The second kappa shape index (κ2) is 7.20. The van der Waals surface area contributed by atoms with Crippen LogP contribution in [0.4, 0.5) is 4.39 Å². The fourth-order valence-corrected chi connectivity index (χ4v) is 3.38. The van der Waals surface area contributed by atoms with Gasteiger partial charge in [-0.15, -0.1) is 0 Å². The smallest absolute Gasteiger partial charge is 0.187 e. The topological polar surface area (TPSA) is 29.0 Å². The zero-order valence-corrected chi connectivity index (χ0v) is 13.5. The van der Waals surface area contributed by atoms with E-state index in [0.717, 1.165) is 42.5 Å². The van der Waals surface area contributed by atoms with E-state index >= 15 is 0 Å². The third-order valence-electron chi connectivity index (χ3n) is 3.98. The SMILES string of the molecule is CCSc1ncc(CN2CC[C@@H](c3ccc(F)cc3)C2)cn1. The van der Waals surface area contributed by atoms with Gasteiger partial charge in [0.05, 0.1) is 0 Å². The minimum atomic E-state index is -0.166. The lowest BCUT2D eigenvalue weighted by atomic mass is 9.99. The highest BCUT2D eigenvalue weighted by molar-refractivity contribution is 7.99. The van der Waals surface area contributed by atoms with E-state index in [0.29, 0.717) is 5.92 Å². The maximum Gasteiger partial charge on any atom is 0.187 e. The molecule has 1 aliphatic rings. The number of aromatic nitrogens is 2.